The van der Waals surface area contributed by atoms with Crippen molar-refractivity contribution in [2.24, 2.45) is 0 Å². The molecule has 0 unspecified atom stereocenters. The molecule has 0 aliphatic carbocycles. The number of nitrogens with one attached hydrogen (secondary N) is 2. The highest BCUT2D eigenvalue weighted by Gasteiger charge is 2.23. The van der Waals surface area contributed by atoms with E-state index in [4.69, 9.17) is 10.5 Å². The summed E-state index contributed by atoms with van der Waals surface area (Å²) in [5.41, 5.74) is 12.2. The fourth-order valence-corrected chi connectivity index (χ4v) is 3.43. The molecule has 6 nitrogen and oxygen atoms in total. The number of ether oxygens (including phenoxy) is 1. The first kappa shape index (κ1) is 16.9. The highest BCUT2D eigenvalue weighted by molar-refractivity contribution is 6.05. The van der Waals surface area contributed by atoms with Gasteiger partial charge >= 0.3 is 0 Å². The molecule has 4 aromatic rings. The smallest absolute Gasteiger partial charge is 0.162 e. The Labute approximate surface area is 156 Å². The van der Waals surface area contributed by atoms with Crippen molar-refractivity contribution in [1.29, 1.82) is 0 Å². The molecule has 2 aromatic carbocycles. The van der Waals surface area contributed by atoms with Crippen LogP contribution in [0, 0.1) is 6.92 Å². The molecule has 0 aliphatic heterocycles. The maximum absolute atomic E-state index is 12.4. The van der Waals surface area contributed by atoms with Crippen LogP contribution in [0.1, 0.15) is 23.0 Å². The van der Waals surface area contributed by atoms with Crippen molar-refractivity contribution in [3.8, 4) is 28.4 Å². The second-order valence-corrected chi connectivity index (χ2v) is 6.52. The molecule has 0 radical (unpaired) electrons. The molecule has 0 saturated heterocycles. The lowest BCUT2D eigenvalue weighted by molar-refractivity contribution is 0.101. The third-order valence-electron chi connectivity index (χ3n) is 4.66. The molecule has 0 aliphatic rings. The number of ketones is 1. The fourth-order valence-electron chi connectivity index (χ4n) is 3.43. The predicted molar refractivity (Wildman–Crippen MR) is 107 cm³/mol. The first-order valence-corrected chi connectivity index (χ1v) is 8.61. The van der Waals surface area contributed by atoms with E-state index in [1.54, 1.807) is 14.0 Å². The number of carbonyl (C=O) groups is 1. The molecule has 0 fully saturated rings. The maximum Gasteiger partial charge on any atom is 0.162 e. The second kappa shape index (κ2) is 6.32. The van der Waals surface area contributed by atoms with Gasteiger partial charge in [-0.25, -0.2) is 4.98 Å². The second-order valence-electron chi connectivity index (χ2n) is 6.52. The number of Topliss-reactive ketones (excluding diaryl/α,β-unsaturated/α-hetero) is 1. The number of rotatable bonds is 4. The lowest BCUT2D eigenvalue weighted by Gasteiger charge is -2.07. The molecule has 0 atom stereocenters. The van der Waals surface area contributed by atoms with Crippen molar-refractivity contribution < 1.29 is 9.53 Å². The molecule has 136 valence electrons. The van der Waals surface area contributed by atoms with Gasteiger partial charge in [0.1, 0.15) is 5.75 Å². The van der Waals surface area contributed by atoms with Gasteiger partial charge in [-0.15, -0.1) is 0 Å². The van der Waals surface area contributed by atoms with E-state index in [1.807, 2.05) is 49.4 Å². The van der Waals surface area contributed by atoms with Crippen LogP contribution in [0.15, 0.2) is 42.5 Å². The Balaban J connectivity index is 1.96. The molecule has 0 spiro atoms. The maximum atomic E-state index is 12.4. The van der Waals surface area contributed by atoms with E-state index in [0.29, 0.717) is 17.1 Å². The molecule has 27 heavy (non-hydrogen) atoms. The monoisotopic (exact) mass is 360 g/mol. The highest BCUT2D eigenvalue weighted by Crippen LogP contribution is 2.37. The van der Waals surface area contributed by atoms with E-state index < -0.39 is 0 Å². The van der Waals surface area contributed by atoms with Crippen LogP contribution in [0.25, 0.3) is 33.7 Å². The van der Waals surface area contributed by atoms with Gasteiger partial charge in [0.25, 0.3) is 0 Å². The summed E-state index contributed by atoms with van der Waals surface area (Å²) in [5.74, 6) is 1.43. The Kier molecular flexibility index (Phi) is 3.96. The van der Waals surface area contributed by atoms with Crippen molar-refractivity contribution in [3.63, 3.8) is 0 Å². The molecule has 0 bridgehead atoms. The Morgan fingerprint density at radius 1 is 1.11 bits per heavy atom. The van der Waals surface area contributed by atoms with Gasteiger partial charge in [0.15, 0.2) is 11.6 Å². The van der Waals surface area contributed by atoms with Gasteiger partial charge in [-0.05, 0) is 49.7 Å². The van der Waals surface area contributed by atoms with Crippen LogP contribution in [0.4, 0.5) is 5.69 Å². The third-order valence-corrected chi connectivity index (χ3v) is 4.66. The summed E-state index contributed by atoms with van der Waals surface area (Å²) in [6.45, 7) is 3.47. The highest BCUT2D eigenvalue weighted by atomic mass is 16.5. The number of carbonyl (C=O) groups excluding carboxylic acids is 1. The minimum atomic E-state index is 0.00109. The summed E-state index contributed by atoms with van der Waals surface area (Å²) in [7, 11) is 1.63. The summed E-state index contributed by atoms with van der Waals surface area (Å²) in [4.78, 5) is 23.7. The van der Waals surface area contributed by atoms with Crippen LogP contribution < -0.4 is 10.5 Å². The summed E-state index contributed by atoms with van der Waals surface area (Å²) in [6, 6.07) is 13.2. The normalized spacial score (nSPS) is 11.1. The van der Waals surface area contributed by atoms with Crippen LogP contribution in [-0.4, -0.2) is 27.8 Å². The molecule has 4 rings (SSSR count). The van der Waals surface area contributed by atoms with Crippen LogP contribution in [0.2, 0.25) is 0 Å². The van der Waals surface area contributed by atoms with Gasteiger partial charge in [-0.1, -0.05) is 12.1 Å². The van der Waals surface area contributed by atoms with Crippen molar-refractivity contribution in [2.75, 3.05) is 12.8 Å². The largest absolute Gasteiger partial charge is 0.497 e. The van der Waals surface area contributed by atoms with Gasteiger partial charge in [0.05, 0.1) is 23.8 Å². The summed E-state index contributed by atoms with van der Waals surface area (Å²) >= 11 is 0. The minimum Gasteiger partial charge on any atom is -0.497 e. The number of hydrogen-bond donors (Lipinski definition) is 3. The fraction of sp³-hybridized carbons (Fsp3) is 0.143. The average molecular weight is 360 g/mol. The first-order valence-electron chi connectivity index (χ1n) is 8.61. The number of nitrogen functional groups attached to an aromatic ring is 1. The molecule has 6 heteroatoms. The Morgan fingerprint density at radius 3 is 2.52 bits per heavy atom. The van der Waals surface area contributed by atoms with Gasteiger partial charge in [-0.3, -0.25) is 4.79 Å². The topological polar surface area (TPSA) is 96.8 Å². The van der Waals surface area contributed by atoms with E-state index in [-0.39, 0.29) is 5.78 Å². The Hall–Kier alpha value is -3.54. The number of H-pyrrole nitrogens is 2. The van der Waals surface area contributed by atoms with Crippen LogP contribution in [0.5, 0.6) is 5.75 Å². The third kappa shape index (κ3) is 2.85. The number of nitrogens with two attached hydrogens (primary N) is 1. The molecule has 4 N–H and O–H groups in total. The van der Waals surface area contributed by atoms with Crippen LogP contribution >= 0.6 is 0 Å². The first-order chi connectivity index (χ1) is 13.0. The number of aromatic amines is 2. The Morgan fingerprint density at radius 2 is 1.85 bits per heavy atom. The average Bonchev–Trinajstić information content (AvgIpc) is 3.22. The number of nitrogens with zero attached hydrogens (tertiary/aromatic N) is 1. The van der Waals surface area contributed by atoms with Crippen molar-refractivity contribution >= 4 is 22.5 Å². The predicted octanol–water partition coefficient (Wildman–Crippen LogP) is 4.33. The molecule has 2 heterocycles. The lowest BCUT2D eigenvalue weighted by atomic mass is 9.97. The van der Waals surface area contributed by atoms with Gasteiger partial charge in [-0.2, -0.15) is 0 Å². The zero-order valence-corrected chi connectivity index (χ0v) is 15.4. The lowest BCUT2D eigenvalue weighted by Crippen LogP contribution is -1.96. The van der Waals surface area contributed by atoms with Crippen molar-refractivity contribution in [3.05, 3.63) is 53.7 Å². The van der Waals surface area contributed by atoms with Crippen molar-refractivity contribution in [2.45, 2.75) is 13.8 Å². The SMILES string of the molecule is COc1ccc(-c2c(-c3nc4ccc(N)cc4[nH]3)[nH]c(C)c2C(C)=O)cc1. The minimum absolute atomic E-state index is 0.00109. The zero-order valence-electron chi connectivity index (χ0n) is 15.4. The van der Waals surface area contributed by atoms with E-state index in [0.717, 1.165) is 39.3 Å². The van der Waals surface area contributed by atoms with E-state index >= 15 is 0 Å². The van der Waals surface area contributed by atoms with Gasteiger partial charge < -0.3 is 20.4 Å². The number of anilines is 1. The quantitative estimate of drug-likeness (QED) is 0.373. The van der Waals surface area contributed by atoms with Crippen molar-refractivity contribution in [1.82, 2.24) is 15.0 Å². The number of benzene rings is 2. The zero-order chi connectivity index (χ0) is 19.1. The van der Waals surface area contributed by atoms with Gasteiger partial charge in [0, 0.05) is 22.5 Å². The molecular weight excluding hydrogens is 340 g/mol. The number of methoxy groups -OCH3 is 1. The summed E-state index contributed by atoms with van der Waals surface area (Å²) in [5, 5.41) is 0. The molecule has 2 aromatic heterocycles. The van der Waals surface area contributed by atoms with E-state index in [2.05, 4.69) is 15.0 Å². The molecule has 0 saturated carbocycles. The van der Waals surface area contributed by atoms with Crippen LogP contribution in [0.3, 0.4) is 0 Å². The standard InChI is InChI=1S/C21H20N4O2/c1-11-18(12(2)26)19(13-4-7-15(27-3)8-5-13)20(23-11)21-24-16-9-6-14(22)10-17(16)25-21/h4-10,23H,22H2,1-3H3,(H,24,25). The van der Waals surface area contributed by atoms with E-state index in [9.17, 15) is 4.79 Å². The number of imidazole rings is 1. The number of hydrogen-bond acceptors (Lipinski definition) is 4. The number of aryl methyl sites for hydroxylation is 1. The summed E-state index contributed by atoms with van der Waals surface area (Å²) in [6.07, 6.45) is 0. The van der Waals surface area contributed by atoms with Crippen LogP contribution in [-0.2, 0) is 0 Å². The Bertz CT molecular complexity index is 1150. The molecular formula is C21H20N4O2. The van der Waals surface area contributed by atoms with Gasteiger partial charge in [0.2, 0.25) is 0 Å². The number of fused-ring (bicyclic) bond motifs is 1. The van der Waals surface area contributed by atoms with E-state index in [1.165, 1.54) is 0 Å². The number of aromatic nitrogens is 3. The summed E-state index contributed by atoms with van der Waals surface area (Å²) < 4.78 is 5.25. The molecule has 0 amide bonds.